The molecule has 0 aliphatic carbocycles. The van der Waals surface area contributed by atoms with Gasteiger partial charge >= 0.3 is 0 Å². The first-order valence-corrected chi connectivity index (χ1v) is 6.05. The number of pyridine rings is 1. The molecule has 1 aromatic carbocycles. The number of benzene rings is 1. The van der Waals surface area contributed by atoms with E-state index in [2.05, 4.69) is 20.9 Å². The fourth-order valence-electron chi connectivity index (χ4n) is 1.27. The van der Waals surface area contributed by atoms with Crippen molar-refractivity contribution < 1.29 is 4.74 Å². The van der Waals surface area contributed by atoms with Gasteiger partial charge < -0.3 is 10.5 Å². The zero-order chi connectivity index (χ0) is 12.3. The van der Waals surface area contributed by atoms with Crippen molar-refractivity contribution >= 4 is 33.1 Å². The Labute approximate surface area is 113 Å². The molecule has 3 nitrogen and oxygen atoms in total. The van der Waals surface area contributed by atoms with Crippen molar-refractivity contribution in [1.29, 1.82) is 0 Å². The van der Waals surface area contributed by atoms with Crippen LogP contribution in [0.4, 0.5) is 0 Å². The molecule has 0 atom stereocenters. The van der Waals surface area contributed by atoms with E-state index in [0.717, 1.165) is 4.47 Å². The molecular formula is C12H9BrN2OS. The minimum absolute atomic E-state index is 0.269. The number of rotatable bonds is 3. The lowest BCUT2D eigenvalue weighted by molar-refractivity contribution is 0.462. The molecule has 0 saturated heterocycles. The largest absolute Gasteiger partial charge is 0.438 e. The molecule has 2 rings (SSSR count). The van der Waals surface area contributed by atoms with Gasteiger partial charge in [-0.25, -0.2) is 4.98 Å². The second-order valence-corrected chi connectivity index (χ2v) is 4.63. The predicted molar refractivity (Wildman–Crippen MR) is 74.3 cm³/mol. The third-order valence-electron chi connectivity index (χ3n) is 2.06. The number of thiocarbonyl (C=S) groups is 1. The molecule has 5 heteroatoms. The summed E-state index contributed by atoms with van der Waals surface area (Å²) >= 11 is 8.29. The summed E-state index contributed by atoms with van der Waals surface area (Å²) in [6.45, 7) is 0. The Balaban J connectivity index is 2.30. The third kappa shape index (κ3) is 3.01. The van der Waals surface area contributed by atoms with E-state index in [1.165, 1.54) is 0 Å². The first kappa shape index (κ1) is 12.0. The monoisotopic (exact) mass is 308 g/mol. The van der Waals surface area contributed by atoms with E-state index in [-0.39, 0.29) is 4.99 Å². The van der Waals surface area contributed by atoms with Gasteiger partial charge in [-0.3, -0.25) is 0 Å². The lowest BCUT2D eigenvalue weighted by Gasteiger charge is -2.08. The Kier molecular flexibility index (Phi) is 3.71. The summed E-state index contributed by atoms with van der Waals surface area (Å²) < 4.78 is 6.61. The number of aromatic nitrogens is 1. The van der Waals surface area contributed by atoms with Gasteiger partial charge in [-0.05, 0) is 36.4 Å². The average molecular weight is 309 g/mol. The zero-order valence-corrected chi connectivity index (χ0v) is 11.2. The van der Waals surface area contributed by atoms with Gasteiger partial charge in [0.15, 0.2) is 0 Å². The number of nitrogens with zero attached hydrogens (tertiary/aromatic N) is 1. The maximum Gasteiger partial charge on any atom is 0.229 e. The van der Waals surface area contributed by atoms with Crippen LogP contribution in [0.25, 0.3) is 0 Å². The summed E-state index contributed by atoms with van der Waals surface area (Å²) in [5.74, 6) is 1.10. The maximum atomic E-state index is 5.63. The second-order valence-electron chi connectivity index (χ2n) is 3.28. The molecule has 0 bridgehead atoms. The Bertz CT molecular complexity index is 542. The van der Waals surface area contributed by atoms with Crippen LogP contribution in [-0.4, -0.2) is 9.97 Å². The Morgan fingerprint density at radius 1 is 1.24 bits per heavy atom. The highest BCUT2D eigenvalue weighted by Gasteiger charge is 2.07. The number of halogens is 1. The van der Waals surface area contributed by atoms with Gasteiger partial charge in [0.2, 0.25) is 5.88 Å². The van der Waals surface area contributed by atoms with Crippen LogP contribution in [0.5, 0.6) is 11.6 Å². The van der Waals surface area contributed by atoms with Gasteiger partial charge in [-0.15, -0.1) is 0 Å². The Morgan fingerprint density at radius 2 is 1.94 bits per heavy atom. The molecule has 0 saturated carbocycles. The Morgan fingerprint density at radius 3 is 2.59 bits per heavy atom. The number of hydrogen-bond donors (Lipinski definition) is 1. The van der Waals surface area contributed by atoms with E-state index >= 15 is 0 Å². The summed E-state index contributed by atoms with van der Waals surface area (Å²) in [4.78, 5) is 4.38. The first-order valence-electron chi connectivity index (χ1n) is 4.85. The van der Waals surface area contributed by atoms with Crippen molar-refractivity contribution in [3.05, 3.63) is 52.6 Å². The van der Waals surface area contributed by atoms with Gasteiger partial charge in [0.05, 0.1) is 5.56 Å². The van der Waals surface area contributed by atoms with Crippen LogP contribution in [-0.2, 0) is 0 Å². The molecule has 0 aliphatic rings. The normalized spacial score (nSPS) is 9.94. The van der Waals surface area contributed by atoms with Crippen LogP contribution in [0, 0.1) is 0 Å². The van der Waals surface area contributed by atoms with Crippen LogP contribution in [0.15, 0.2) is 47.1 Å². The van der Waals surface area contributed by atoms with E-state index in [1.54, 1.807) is 18.3 Å². The van der Waals surface area contributed by atoms with Gasteiger partial charge in [-0.1, -0.05) is 28.1 Å². The highest BCUT2D eigenvalue weighted by Crippen LogP contribution is 2.24. The van der Waals surface area contributed by atoms with Gasteiger partial charge in [0, 0.05) is 10.7 Å². The fraction of sp³-hybridized carbons (Fsp3) is 0. The van der Waals surface area contributed by atoms with Crippen LogP contribution < -0.4 is 10.5 Å². The SMILES string of the molecule is NC(=S)c1cccnc1Oc1ccc(Br)cc1. The van der Waals surface area contributed by atoms with Crippen molar-refractivity contribution in [1.82, 2.24) is 4.98 Å². The minimum atomic E-state index is 0.269. The van der Waals surface area contributed by atoms with E-state index in [4.69, 9.17) is 22.7 Å². The maximum absolute atomic E-state index is 5.63. The zero-order valence-electron chi connectivity index (χ0n) is 8.76. The average Bonchev–Trinajstić information content (AvgIpc) is 2.32. The molecule has 0 unspecified atom stereocenters. The fourth-order valence-corrected chi connectivity index (χ4v) is 1.69. The molecule has 0 amide bonds. The molecule has 2 N–H and O–H groups in total. The third-order valence-corrected chi connectivity index (χ3v) is 2.81. The van der Waals surface area contributed by atoms with Gasteiger partial charge in [0.1, 0.15) is 10.7 Å². The summed E-state index contributed by atoms with van der Waals surface area (Å²) in [6.07, 6.45) is 1.63. The molecule has 1 aromatic heterocycles. The van der Waals surface area contributed by atoms with Gasteiger partial charge in [0.25, 0.3) is 0 Å². The molecule has 0 spiro atoms. The van der Waals surface area contributed by atoms with Crippen molar-refractivity contribution in [2.24, 2.45) is 5.73 Å². The molecular weight excluding hydrogens is 300 g/mol. The lowest BCUT2D eigenvalue weighted by Crippen LogP contribution is -2.11. The summed E-state index contributed by atoms with van der Waals surface area (Å²) in [5, 5.41) is 0. The van der Waals surface area contributed by atoms with Crippen LogP contribution in [0.3, 0.4) is 0 Å². The van der Waals surface area contributed by atoms with E-state index < -0.39 is 0 Å². The highest BCUT2D eigenvalue weighted by atomic mass is 79.9. The van der Waals surface area contributed by atoms with Crippen molar-refractivity contribution in [2.45, 2.75) is 0 Å². The molecule has 17 heavy (non-hydrogen) atoms. The lowest BCUT2D eigenvalue weighted by atomic mass is 10.2. The van der Waals surface area contributed by atoms with Gasteiger partial charge in [-0.2, -0.15) is 0 Å². The quantitative estimate of drug-likeness (QED) is 0.884. The highest BCUT2D eigenvalue weighted by molar-refractivity contribution is 9.10. The van der Waals surface area contributed by atoms with Crippen LogP contribution >= 0.6 is 28.1 Å². The molecule has 0 radical (unpaired) electrons. The summed E-state index contributed by atoms with van der Waals surface area (Å²) in [6, 6.07) is 11.0. The molecule has 86 valence electrons. The van der Waals surface area contributed by atoms with E-state index in [0.29, 0.717) is 17.2 Å². The standard InChI is InChI=1S/C12H9BrN2OS/c13-8-3-5-9(6-4-8)16-12-10(11(14)17)2-1-7-15-12/h1-7H,(H2,14,17). The minimum Gasteiger partial charge on any atom is -0.438 e. The van der Waals surface area contributed by atoms with E-state index in [9.17, 15) is 0 Å². The van der Waals surface area contributed by atoms with Crippen molar-refractivity contribution in [3.63, 3.8) is 0 Å². The first-order chi connectivity index (χ1) is 8.16. The van der Waals surface area contributed by atoms with Crippen molar-refractivity contribution in [2.75, 3.05) is 0 Å². The summed E-state index contributed by atoms with van der Waals surface area (Å²) in [5.41, 5.74) is 6.23. The number of ether oxygens (including phenoxy) is 1. The Hall–Kier alpha value is -1.46. The second kappa shape index (κ2) is 5.25. The smallest absolute Gasteiger partial charge is 0.229 e. The predicted octanol–water partition coefficient (Wildman–Crippen LogP) is 3.27. The molecule has 1 heterocycles. The van der Waals surface area contributed by atoms with Crippen LogP contribution in [0.2, 0.25) is 0 Å². The van der Waals surface area contributed by atoms with Crippen molar-refractivity contribution in [3.8, 4) is 11.6 Å². The molecule has 0 fully saturated rings. The topological polar surface area (TPSA) is 48.1 Å². The summed E-state index contributed by atoms with van der Waals surface area (Å²) in [7, 11) is 0. The molecule has 2 aromatic rings. The number of nitrogens with two attached hydrogens (primary N) is 1. The van der Waals surface area contributed by atoms with E-state index in [1.807, 2.05) is 24.3 Å². The van der Waals surface area contributed by atoms with Crippen LogP contribution in [0.1, 0.15) is 5.56 Å². The molecule has 0 aliphatic heterocycles. The number of hydrogen-bond acceptors (Lipinski definition) is 3.